The van der Waals surface area contributed by atoms with Crippen molar-refractivity contribution in [2.75, 3.05) is 6.54 Å². The van der Waals surface area contributed by atoms with Crippen molar-refractivity contribution in [2.24, 2.45) is 0 Å². The van der Waals surface area contributed by atoms with E-state index in [0.717, 1.165) is 6.42 Å². The summed E-state index contributed by atoms with van der Waals surface area (Å²) in [7, 11) is 0. The standard InChI is InChI=1S/C14H19NO2S/c1-10(8-12-6-5-11(2)18-12)15-9-13(16)14-4-3-7-17-14/h3-7,10,13,15-16H,8-9H2,1-2H3. The summed E-state index contributed by atoms with van der Waals surface area (Å²) in [6, 6.07) is 8.23. The van der Waals surface area contributed by atoms with E-state index in [2.05, 4.69) is 31.3 Å². The first kappa shape index (κ1) is 13.3. The summed E-state index contributed by atoms with van der Waals surface area (Å²) in [6.45, 7) is 4.76. The molecule has 0 radical (unpaired) electrons. The van der Waals surface area contributed by atoms with Gasteiger partial charge in [0.15, 0.2) is 0 Å². The lowest BCUT2D eigenvalue weighted by atomic mass is 10.2. The zero-order chi connectivity index (χ0) is 13.0. The van der Waals surface area contributed by atoms with Gasteiger partial charge >= 0.3 is 0 Å². The summed E-state index contributed by atoms with van der Waals surface area (Å²) in [5, 5.41) is 13.2. The first-order valence-corrected chi connectivity index (χ1v) is 6.97. The average molecular weight is 265 g/mol. The molecule has 0 aliphatic rings. The van der Waals surface area contributed by atoms with Crippen molar-refractivity contribution in [1.82, 2.24) is 5.32 Å². The van der Waals surface area contributed by atoms with Crippen LogP contribution in [0.2, 0.25) is 0 Å². The Morgan fingerprint density at radius 2 is 2.22 bits per heavy atom. The van der Waals surface area contributed by atoms with Crippen LogP contribution in [0.3, 0.4) is 0 Å². The maximum atomic E-state index is 9.87. The van der Waals surface area contributed by atoms with Crippen molar-refractivity contribution in [1.29, 1.82) is 0 Å². The number of rotatable bonds is 6. The van der Waals surface area contributed by atoms with E-state index in [1.54, 1.807) is 18.4 Å². The van der Waals surface area contributed by atoms with E-state index >= 15 is 0 Å². The van der Waals surface area contributed by atoms with Crippen LogP contribution in [0.1, 0.15) is 28.5 Å². The third kappa shape index (κ3) is 3.70. The average Bonchev–Trinajstić information content (AvgIpc) is 2.97. The Labute approximate surface area is 111 Å². The maximum absolute atomic E-state index is 9.87. The monoisotopic (exact) mass is 265 g/mol. The fraction of sp³-hybridized carbons (Fsp3) is 0.429. The summed E-state index contributed by atoms with van der Waals surface area (Å²) in [6.07, 6.45) is 1.99. The number of hydrogen-bond donors (Lipinski definition) is 2. The van der Waals surface area contributed by atoms with Crippen LogP contribution in [-0.4, -0.2) is 17.7 Å². The first-order valence-electron chi connectivity index (χ1n) is 6.15. The molecule has 0 saturated heterocycles. The second-order valence-electron chi connectivity index (χ2n) is 4.56. The lowest BCUT2D eigenvalue weighted by Gasteiger charge is -2.15. The molecule has 2 aromatic heterocycles. The second-order valence-corrected chi connectivity index (χ2v) is 5.93. The van der Waals surface area contributed by atoms with E-state index in [0.29, 0.717) is 18.3 Å². The van der Waals surface area contributed by atoms with Gasteiger partial charge in [-0.15, -0.1) is 11.3 Å². The predicted molar refractivity (Wildman–Crippen MR) is 73.9 cm³/mol. The lowest BCUT2D eigenvalue weighted by molar-refractivity contribution is 0.144. The number of thiophene rings is 1. The van der Waals surface area contributed by atoms with Gasteiger partial charge in [-0.25, -0.2) is 0 Å². The van der Waals surface area contributed by atoms with Crippen LogP contribution in [0, 0.1) is 6.92 Å². The van der Waals surface area contributed by atoms with E-state index in [9.17, 15) is 5.11 Å². The highest BCUT2D eigenvalue weighted by Crippen LogP contribution is 2.17. The van der Waals surface area contributed by atoms with Crippen LogP contribution < -0.4 is 5.32 Å². The number of furan rings is 1. The molecule has 2 aromatic rings. The molecule has 0 bridgehead atoms. The molecule has 2 rings (SSSR count). The molecule has 98 valence electrons. The van der Waals surface area contributed by atoms with E-state index in [-0.39, 0.29) is 0 Å². The smallest absolute Gasteiger partial charge is 0.133 e. The SMILES string of the molecule is Cc1ccc(CC(C)NCC(O)c2ccco2)s1. The zero-order valence-corrected chi connectivity index (χ0v) is 11.5. The molecule has 4 heteroatoms. The molecular formula is C14H19NO2S. The number of aliphatic hydroxyl groups is 1. The Morgan fingerprint density at radius 1 is 1.39 bits per heavy atom. The number of nitrogens with one attached hydrogen (secondary N) is 1. The quantitative estimate of drug-likeness (QED) is 0.844. The minimum Gasteiger partial charge on any atom is -0.467 e. The fourth-order valence-electron chi connectivity index (χ4n) is 1.86. The van der Waals surface area contributed by atoms with Gasteiger partial charge in [-0.1, -0.05) is 0 Å². The van der Waals surface area contributed by atoms with Crippen molar-refractivity contribution in [3.63, 3.8) is 0 Å². The molecule has 2 N–H and O–H groups in total. The Morgan fingerprint density at radius 3 is 2.83 bits per heavy atom. The van der Waals surface area contributed by atoms with Crippen LogP contribution >= 0.6 is 11.3 Å². The molecule has 0 fully saturated rings. The van der Waals surface area contributed by atoms with E-state index in [1.165, 1.54) is 9.75 Å². The van der Waals surface area contributed by atoms with E-state index in [4.69, 9.17) is 4.42 Å². The van der Waals surface area contributed by atoms with Gasteiger partial charge in [-0.3, -0.25) is 0 Å². The Hall–Kier alpha value is -1.10. The van der Waals surface area contributed by atoms with Gasteiger partial charge in [0.05, 0.1) is 6.26 Å². The van der Waals surface area contributed by atoms with Crippen LogP contribution in [0.4, 0.5) is 0 Å². The molecular weight excluding hydrogens is 246 g/mol. The Bertz CT molecular complexity index is 464. The molecule has 18 heavy (non-hydrogen) atoms. The van der Waals surface area contributed by atoms with Gasteiger partial charge in [0.2, 0.25) is 0 Å². The number of hydrogen-bond acceptors (Lipinski definition) is 4. The first-order chi connectivity index (χ1) is 8.65. The highest BCUT2D eigenvalue weighted by molar-refractivity contribution is 7.11. The van der Waals surface area contributed by atoms with Crippen molar-refractivity contribution < 1.29 is 9.52 Å². The molecule has 3 nitrogen and oxygen atoms in total. The molecule has 0 amide bonds. The normalized spacial score (nSPS) is 14.6. The van der Waals surface area contributed by atoms with Gasteiger partial charge in [-0.2, -0.15) is 0 Å². The molecule has 0 spiro atoms. The predicted octanol–water partition coefficient (Wildman–Crippen LogP) is 2.90. The van der Waals surface area contributed by atoms with Crippen LogP contribution in [0.15, 0.2) is 34.9 Å². The summed E-state index contributed by atoms with van der Waals surface area (Å²) in [5.74, 6) is 0.613. The Balaban J connectivity index is 1.76. The molecule has 0 aliphatic heterocycles. The van der Waals surface area contributed by atoms with E-state index < -0.39 is 6.10 Å². The van der Waals surface area contributed by atoms with Crippen molar-refractivity contribution in [3.05, 3.63) is 46.0 Å². The van der Waals surface area contributed by atoms with Crippen LogP contribution in [0.5, 0.6) is 0 Å². The molecule has 2 heterocycles. The maximum Gasteiger partial charge on any atom is 0.133 e. The largest absolute Gasteiger partial charge is 0.467 e. The highest BCUT2D eigenvalue weighted by Gasteiger charge is 2.12. The highest BCUT2D eigenvalue weighted by atomic mass is 32.1. The molecule has 0 saturated carbocycles. The summed E-state index contributed by atoms with van der Waals surface area (Å²) >= 11 is 1.83. The number of aryl methyl sites for hydroxylation is 1. The second kappa shape index (κ2) is 6.18. The third-order valence-corrected chi connectivity index (χ3v) is 3.86. The summed E-state index contributed by atoms with van der Waals surface area (Å²) < 4.78 is 5.16. The Kier molecular flexibility index (Phi) is 4.58. The molecule has 0 aromatic carbocycles. The van der Waals surface area contributed by atoms with Gasteiger partial charge in [-0.05, 0) is 44.5 Å². The topological polar surface area (TPSA) is 45.4 Å². The molecule has 2 unspecified atom stereocenters. The summed E-state index contributed by atoms with van der Waals surface area (Å²) in [4.78, 5) is 2.72. The van der Waals surface area contributed by atoms with Gasteiger partial charge in [0, 0.05) is 22.3 Å². The lowest BCUT2D eigenvalue weighted by Crippen LogP contribution is -2.31. The minimum absolute atomic E-state index is 0.340. The molecule has 2 atom stereocenters. The molecule has 0 aliphatic carbocycles. The van der Waals surface area contributed by atoms with Crippen molar-refractivity contribution in [2.45, 2.75) is 32.4 Å². The third-order valence-electron chi connectivity index (χ3n) is 2.83. The van der Waals surface area contributed by atoms with Crippen LogP contribution in [0.25, 0.3) is 0 Å². The minimum atomic E-state index is -0.576. The van der Waals surface area contributed by atoms with Crippen LogP contribution in [-0.2, 0) is 6.42 Å². The van der Waals surface area contributed by atoms with Crippen molar-refractivity contribution >= 4 is 11.3 Å². The summed E-state index contributed by atoms with van der Waals surface area (Å²) in [5.41, 5.74) is 0. The fourth-order valence-corrected chi connectivity index (χ4v) is 2.88. The van der Waals surface area contributed by atoms with Crippen molar-refractivity contribution in [3.8, 4) is 0 Å². The zero-order valence-electron chi connectivity index (χ0n) is 10.7. The van der Waals surface area contributed by atoms with Gasteiger partial charge in [0.1, 0.15) is 11.9 Å². The number of aliphatic hydroxyl groups excluding tert-OH is 1. The van der Waals surface area contributed by atoms with Gasteiger partial charge < -0.3 is 14.8 Å². The van der Waals surface area contributed by atoms with Gasteiger partial charge in [0.25, 0.3) is 0 Å². The van der Waals surface area contributed by atoms with E-state index in [1.807, 2.05) is 11.3 Å².